The summed E-state index contributed by atoms with van der Waals surface area (Å²) in [4.78, 5) is 0. The van der Waals surface area contributed by atoms with E-state index < -0.39 is 11.0 Å². The van der Waals surface area contributed by atoms with Gasteiger partial charge in [-0.25, -0.2) is 8.93 Å². The fourth-order valence-electron chi connectivity index (χ4n) is 2.27. The molecule has 2 aromatic carbocycles. The molecule has 3 nitrogen and oxygen atoms in total. The fourth-order valence-corrected chi connectivity index (χ4v) is 3.12. The molecule has 2 N–H and O–H groups in total. The number of aliphatic hydroxyl groups excluding tert-OH is 1. The summed E-state index contributed by atoms with van der Waals surface area (Å²) in [6, 6.07) is 14.1. The zero-order chi connectivity index (χ0) is 15.5. The van der Waals surface area contributed by atoms with Crippen molar-refractivity contribution < 1.29 is 9.32 Å². The molecule has 0 bridgehead atoms. The predicted octanol–water partition coefficient (Wildman–Crippen LogP) is 3.32. The smallest absolute Gasteiger partial charge is 0.0975 e. The maximum Gasteiger partial charge on any atom is 0.0975 e. The standard InChI is InChI=1S/C17H23NO2S/c1-17(2,3)21(20)18-16(11-12-19)15-10-6-8-13-7-4-5-9-14(13)15/h4-10,16,18-19H,11-12H2,1-3H3/t16-,21+/m0/s1. The molecule has 0 saturated heterocycles. The monoisotopic (exact) mass is 305 g/mol. The number of fused-ring (bicyclic) bond motifs is 1. The molecule has 0 heterocycles. The zero-order valence-electron chi connectivity index (χ0n) is 12.8. The Kier molecular flexibility index (Phi) is 5.14. The van der Waals surface area contributed by atoms with Crippen LogP contribution in [0.4, 0.5) is 0 Å². The van der Waals surface area contributed by atoms with Crippen molar-refractivity contribution in [2.24, 2.45) is 0 Å². The van der Waals surface area contributed by atoms with Gasteiger partial charge in [-0.2, -0.15) is 0 Å². The molecule has 0 amide bonds. The van der Waals surface area contributed by atoms with Gasteiger partial charge in [-0.15, -0.1) is 0 Å². The summed E-state index contributed by atoms with van der Waals surface area (Å²) >= 11 is 0. The second-order valence-corrected chi connectivity index (χ2v) is 8.13. The highest BCUT2D eigenvalue weighted by molar-refractivity contribution is 7.84. The van der Waals surface area contributed by atoms with Gasteiger partial charge in [-0.1, -0.05) is 42.5 Å². The van der Waals surface area contributed by atoms with Crippen molar-refractivity contribution >= 4 is 21.8 Å². The lowest BCUT2D eigenvalue weighted by Gasteiger charge is -2.25. The molecule has 2 rings (SSSR count). The lowest BCUT2D eigenvalue weighted by atomic mass is 9.98. The summed E-state index contributed by atoms with van der Waals surface area (Å²) in [6.07, 6.45) is 0.538. The summed E-state index contributed by atoms with van der Waals surface area (Å²) in [7, 11) is -1.17. The largest absolute Gasteiger partial charge is 0.396 e. The minimum atomic E-state index is -1.17. The van der Waals surface area contributed by atoms with Gasteiger partial charge in [-0.3, -0.25) is 0 Å². The molecule has 0 aliphatic carbocycles. The molecular formula is C17H23NO2S. The van der Waals surface area contributed by atoms with E-state index in [-0.39, 0.29) is 17.4 Å². The number of aliphatic hydroxyl groups is 1. The van der Waals surface area contributed by atoms with Crippen molar-refractivity contribution in [1.82, 2.24) is 4.72 Å². The SMILES string of the molecule is CC(C)(C)[S@@](=O)N[C@@H](CCO)c1cccc2ccccc12. The highest BCUT2D eigenvalue weighted by atomic mass is 32.2. The first-order chi connectivity index (χ1) is 9.93. The Balaban J connectivity index is 2.39. The lowest BCUT2D eigenvalue weighted by Crippen LogP contribution is -2.36. The average Bonchev–Trinajstić information content (AvgIpc) is 2.45. The molecule has 21 heavy (non-hydrogen) atoms. The van der Waals surface area contributed by atoms with Crippen molar-refractivity contribution in [3.05, 3.63) is 48.0 Å². The second kappa shape index (κ2) is 6.69. The molecule has 0 fully saturated rings. The summed E-state index contributed by atoms with van der Waals surface area (Å²) in [6.45, 7) is 5.88. The van der Waals surface area contributed by atoms with Crippen molar-refractivity contribution in [3.63, 3.8) is 0 Å². The number of nitrogens with one attached hydrogen (secondary N) is 1. The van der Waals surface area contributed by atoms with Crippen LogP contribution in [-0.4, -0.2) is 20.7 Å². The van der Waals surface area contributed by atoms with Crippen LogP contribution in [0, 0.1) is 0 Å². The molecule has 2 atom stereocenters. The van der Waals surface area contributed by atoms with E-state index in [2.05, 4.69) is 22.9 Å². The normalized spacial score (nSPS) is 15.0. The van der Waals surface area contributed by atoms with Crippen LogP contribution < -0.4 is 4.72 Å². The zero-order valence-corrected chi connectivity index (χ0v) is 13.6. The van der Waals surface area contributed by atoms with Gasteiger partial charge in [0.05, 0.1) is 15.7 Å². The molecule has 114 valence electrons. The third kappa shape index (κ3) is 3.90. The Morgan fingerprint density at radius 1 is 1.14 bits per heavy atom. The van der Waals surface area contributed by atoms with E-state index in [4.69, 9.17) is 0 Å². The van der Waals surface area contributed by atoms with E-state index in [9.17, 15) is 9.32 Å². The molecule has 0 unspecified atom stereocenters. The van der Waals surface area contributed by atoms with Crippen LogP contribution in [-0.2, 0) is 11.0 Å². The first-order valence-corrected chi connectivity index (χ1v) is 8.35. The van der Waals surface area contributed by atoms with E-state index in [0.29, 0.717) is 6.42 Å². The van der Waals surface area contributed by atoms with Gasteiger partial charge in [-0.05, 0) is 43.5 Å². The summed E-state index contributed by atoms with van der Waals surface area (Å²) in [5, 5.41) is 11.6. The topological polar surface area (TPSA) is 49.3 Å². The molecular weight excluding hydrogens is 282 g/mol. The maximum atomic E-state index is 12.4. The van der Waals surface area contributed by atoms with E-state index in [1.54, 1.807) is 0 Å². The van der Waals surface area contributed by atoms with Crippen LogP contribution in [0.1, 0.15) is 38.8 Å². The predicted molar refractivity (Wildman–Crippen MR) is 89.4 cm³/mol. The maximum absolute atomic E-state index is 12.4. The molecule has 0 aliphatic rings. The highest BCUT2D eigenvalue weighted by Crippen LogP contribution is 2.27. The van der Waals surface area contributed by atoms with Gasteiger partial charge in [0.2, 0.25) is 0 Å². The van der Waals surface area contributed by atoms with Gasteiger partial charge in [0, 0.05) is 12.6 Å². The van der Waals surface area contributed by atoms with Crippen LogP contribution in [0.25, 0.3) is 10.8 Å². The Hall–Kier alpha value is -1.23. The molecule has 0 aliphatic heterocycles. The van der Waals surface area contributed by atoms with E-state index in [1.165, 1.54) is 0 Å². The van der Waals surface area contributed by atoms with Gasteiger partial charge in [0.25, 0.3) is 0 Å². The van der Waals surface area contributed by atoms with Gasteiger partial charge >= 0.3 is 0 Å². The van der Waals surface area contributed by atoms with Crippen molar-refractivity contribution in [3.8, 4) is 0 Å². The summed E-state index contributed by atoms with van der Waals surface area (Å²) in [5.74, 6) is 0. The van der Waals surface area contributed by atoms with Crippen LogP contribution in [0.15, 0.2) is 42.5 Å². The number of rotatable bonds is 5. The molecule has 0 radical (unpaired) electrons. The van der Waals surface area contributed by atoms with Crippen molar-refractivity contribution in [1.29, 1.82) is 0 Å². The summed E-state index contributed by atoms with van der Waals surface area (Å²) in [5.41, 5.74) is 1.08. The first kappa shape index (κ1) is 16.1. The van der Waals surface area contributed by atoms with E-state index >= 15 is 0 Å². The van der Waals surface area contributed by atoms with Crippen molar-refractivity contribution in [2.45, 2.75) is 38.0 Å². The van der Waals surface area contributed by atoms with Crippen LogP contribution in [0.5, 0.6) is 0 Å². The summed E-state index contributed by atoms with van der Waals surface area (Å²) < 4.78 is 15.2. The van der Waals surface area contributed by atoms with Gasteiger partial charge in [0.15, 0.2) is 0 Å². The number of hydrogen-bond donors (Lipinski definition) is 2. The van der Waals surface area contributed by atoms with E-state index in [1.807, 2.05) is 45.0 Å². The Bertz CT molecular complexity index is 629. The minimum absolute atomic E-state index is 0.0578. The molecule has 4 heteroatoms. The average molecular weight is 305 g/mol. The fraction of sp³-hybridized carbons (Fsp3) is 0.412. The molecule has 0 saturated carbocycles. The number of hydrogen-bond acceptors (Lipinski definition) is 2. The third-order valence-corrected chi connectivity index (χ3v) is 5.03. The van der Waals surface area contributed by atoms with Crippen LogP contribution in [0.3, 0.4) is 0 Å². The van der Waals surface area contributed by atoms with Crippen molar-refractivity contribution in [2.75, 3.05) is 6.61 Å². The quantitative estimate of drug-likeness (QED) is 0.890. The Morgan fingerprint density at radius 2 is 1.81 bits per heavy atom. The molecule has 2 aromatic rings. The van der Waals surface area contributed by atoms with Gasteiger partial charge < -0.3 is 5.11 Å². The second-order valence-electron chi connectivity index (χ2n) is 6.13. The Labute approximate surface area is 129 Å². The minimum Gasteiger partial charge on any atom is -0.396 e. The molecule has 0 spiro atoms. The van der Waals surface area contributed by atoms with Crippen LogP contribution >= 0.6 is 0 Å². The first-order valence-electron chi connectivity index (χ1n) is 7.20. The Morgan fingerprint density at radius 3 is 2.48 bits per heavy atom. The highest BCUT2D eigenvalue weighted by Gasteiger charge is 2.24. The third-order valence-electron chi connectivity index (χ3n) is 3.42. The van der Waals surface area contributed by atoms with Crippen LogP contribution in [0.2, 0.25) is 0 Å². The number of benzene rings is 2. The lowest BCUT2D eigenvalue weighted by molar-refractivity contribution is 0.273. The molecule has 0 aromatic heterocycles. The van der Waals surface area contributed by atoms with Gasteiger partial charge in [0.1, 0.15) is 0 Å². The van der Waals surface area contributed by atoms with E-state index in [0.717, 1.165) is 16.3 Å².